The topological polar surface area (TPSA) is 72.6 Å². The monoisotopic (exact) mass is 282 g/mol. The molecule has 1 amide bonds. The lowest BCUT2D eigenvalue weighted by Gasteiger charge is -2.42. The Kier molecular flexibility index (Phi) is 5.02. The average Bonchev–Trinajstić information content (AvgIpc) is 2.43. The molecule has 1 unspecified atom stereocenters. The lowest BCUT2D eigenvalue weighted by Crippen LogP contribution is -2.47. The Balaban J connectivity index is 1.88. The van der Waals surface area contributed by atoms with Crippen molar-refractivity contribution in [3.05, 3.63) is 0 Å². The molecule has 20 heavy (non-hydrogen) atoms. The predicted octanol–water partition coefficient (Wildman–Crippen LogP) is 1.31. The molecule has 2 rings (SSSR count). The summed E-state index contributed by atoms with van der Waals surface area (Å²) in [4.78, 5) is 26.0. The number of likely N-dealkylation sites (tertiary alicyclic amines) is 1. The summed E-state index contributed by atoms with van der Waals surface area (Å²) in [6.07, 6.45) is 5.54. The number of hydrogen-bond donors (Lipinski definition) is 1. The van der Waals surface area contributed by atoms with E-state index in [1.165, 1.54) is 6.42 Å². The van der Waals surface area contributed by atoms with E-state index >= 15 is 0 Å². The van der Waals surface area contributed by atoms with Gasteiger partial charge in [0.05, 0.1) is 12.5 Å². The second-order valence-electron chi connectivity index (χ2n) is 6.17. The van der Waals surface area contributed by atoms with Gasteiger partial charge >= 0.3 is 5.97 Å². The first-order chi connectivity index (χ1) is 9.60. The molecular weight excluding hydrogens is 256 g/mol. The van der Waals surface area contributed by atoms with Crippen molar-refractivity contribution >= 4 is 11.9 Å². The number of nitrogens with zero attached hydrogens (tertiary/aromatic N) is 1. The molecule has 5 heteroatoms. The first-order valence-electron chi connectivity index (χ1n) is 7.75. The normalized spacial score (nSPS) is 24.9. The first kappa shape index (κ1) is 15.3. The first-order valence-corrected chi connectivity index (χ1v) is 7.75. The van der Waals surface area contributed by atoms with Crippen molar-refractivity contribution < 1.29 is 14.3 Å². The van der Waals surface area contributed by atoms with Gasteiger partial charge in [-0.3, -0.25) is 9.59 Å². The van der Waals surface area contributed by atoms with E-state index in [4.69, 9.17) is 10.5 Å². The van der Waals surface area contributed by atoms with E-state index < -0.39 is 0 Å². The van der Waals surface area contributed by atoms with Gasteiger partial charge in [0, 0.05) is 19.5 Å². The highest BCUT2D eigenvalue weighted by Crippen LogP contribution is 2.43. The molecule has 0 spiro atoms. The fourth-order valence-electron chi connectivity index (χ4n) is 3.22. The van der Waals surface area contributed by atoms with E-state index in [-0.39, 0.29) is 23.2 Å². The third-order valence-electron chi connectivity index (χ3n) is 4.77. The molecule has 0 radical (unpaired) electrons. The molecule has 0 aromatic carbocycles. The van der Waals surface area contributed by atoms with Crippen LogP contribution in [0.2, 0.25) is 0 Å². The van der Waals surface area contributed by atoms with Crippen LogP contribution in [0, 0.1) is 11.3 Å². The zero-order valence-corrected chi connectivity index (χ0v) is 12.4. The number of nitrogens with two attached hydrogens (primary N) is 1. The molecule has 2 aliphatic rings. The summed E-state index contributed by atoms with van der Waals surface area (Å²) in [5.41, 5.74) is 5.85. The molecule has 1 atom stereocenters. The second-order valence-corrected chi connectivity index (χ2v) is 6.17. The number of esters is 1. The minimum atomic E-state index is -0.165. The van der Waals surface area contributed by atoms with Gasteiger partial charge in [-0.25, -0.2) is 0 Å². The van der Waals surface area contributed by atoms with Crippen LogP contribution in [0.5, 0.6) is 0 Å². The Morgan fingerprint density at radius 2 is 2.10 bits per heavy atom. The Morgan fingerprint density at radius 3 is 2.65 bits per heavy atom. The highest BCUT2D eigenvalue weighted by molar-refractivity contribution is 5.79. The fourth-order valence-corrected chi connectivity index (χ4v) is 3.22. The third-order valence-corrected chi connectivity index (χ3v) is 4.77. The van der Waals surface area contributed by atoms with Crippen LogP contribution in [0.25, 0.3) is 0 Å². The highest BCUT2D eigenvalue weighted by atomic mass is 16.5. The van der Waals surface area contributed by atoms with Crippen LogP contribution in [0.1, 0.15) is 45.4 Å². The SMILES string of the molecule is CCOC(=O)C1CCCN(C(=O)CC2(CN)CCC2)C1. The summed E-state index contributed by atoms with van der Waals surface area (Å²) in [6, 6.07) is 0. The van der Waals surface area contributed by atoms with E-state index in [2.05, 4.69) is 0 Å². The number of piperidine rings is 1. The number of hydrogen-bond acceptors (Lipinski definition) is 4. The standard InChI is InChI=1S/C15H26N2O3/c1-2-20-14(19)12-5-3-8-17(10-12)13(18)9-15(11-16)6-4-7-15/h12H,2-11,16H2,1H3. The van der Waals surface area contributed by atoms with Crippen molar-refractivity contribution in [2.45, 2.75) is 45.4 Å². The predicted molar refractivity (Wildman–Crippen MR) is 75.9 cm³/mol. The summed E-state index contributed by atoms with van der Waals surface area (Å²) in [5.74, 6) is -0.158. The molecule has 1 saturated heterocycles. The minimum Gasteiger partial charge on any atom is -0.466 e. The van der Waals surface area contributed by atoms with Crippen molar-refractivity contribution in [2.75, 3.05) is 26.2 Å². The smallest absolute Gasteiger partial charge is 0.310 e. The van der Waals surface area contributed by atoms with Crippen molar-refractivity contribution in [3.63, 3.8) is 0 Å². The summed E-state index contributed by atoms with van der Waals surface area (Å²) in [6.45, 7) is 4.08. The molecular formula is C15H26N2O3. The Hall–Kier alpha value is -1.10. The van der Waals surface area contributed by atoms with Crippen LogP contribution in [-0.2, 0) is 14.3 Å². The van der Waals surface area contributed by atoms with Crippen molar-refractivity contribution in [1.29, 1.82) is 0 Å². The molecule has 114 valence electrons. The highest BCUT2D eigenvalue weighted by Gasteiger charge is 2.39. The third kappa shape index (κ3) is 3.32. The van der Waals surface area contributed by atoms with Crippen molar-refractivity contribution in [3.8, 4) is 0 Å². The summed E-state index contributed by atoms with van der Waals surface area (Å²) in [5, 5.41) is 0. The number of amides is 1. The maximum Gasteiger partial charge on any atom is 0.310 e. The Labute approximate surface area is 120 Å². The van der Waals surface area contributed by atoms with Gasteiger partial charge in [0.2, 0.25) is 5.91 Å². The van der Waals surface area contributed by atoms with Crippen LogP contribution in [0.3, 0.4) is 0 Å². The van der Waals surface area contributed by atoms with E-state index in [0.717, 1.165) is 32.2 Å². The van der Waals surface area contributed by atoms with Gasteiger partial charge in [-0.05, 0) is 44.6 Å². The van der Waals surface area contributed by atoms with Crippen LogP contribution in [0.15, 0.2) is 0 Å². The molecule has 2 N–H and O–H groups in total. The van der Waals surface area contributed by atoms with Gasteiger partial charge in [0.25, 0.3) is 0 Å². The summed E-state index contributed by atoms with van der Waals surface area (Å²) < 4.78 is 5.07. The zero-order valence-electron chi connectivity index (χ0n) is 12.4. The summed E-state index contributed by atoms with van der Waals surface area (Å²) >= 11 is 0. The van der Waals surface area contributed by atoms with Crippen molar-refractivity contribution in [1.82, 2.24) is 4.90 Å². The maximum atomic E-state index is 12.4. The van der Waals surface area contributed by atoms with Gasteiger partial charge in [0.1, 0.15) is 0 Å². The molecule has 1 aliphatic carbocycles. The fraction of sp³-hybridized carbons (Fsp3) is 0.867. The number of rotatable bonds is 5. The van der Waals surface area contributed by atoms with Gasteiger partial charge < -0.3 is 15.4 Å². The van der Waals surface area contributed by atoms with Crippen LogP contribution in [0.4, 0.5) is 0 Å². The van der Waals surface area contributed by atoms with Crippen LogP contribution < -0.4 is 5.73 Å². The van der Waals surface area contributed by atoms with E-state index in [1.807, 2.05) is 11.8 Å². The summed E-state index contributed by atoms with van der Waals surface area (Å²) in [7, 11) is 0. The average molecular weight is 282 g/mol. The molecule has 1 heterocycles. The number of carbonyl (C=O) groups is 2. The molecule has 0 bridgehead atoms. The number of carbonyl (C=O) groups excluding carboxylic acids is 2. The van der Waals surface area contributed by atoms with Gasteiger partial charge in [-0.1, -0.05) is 6.42 Å². The molecule has 0 aromatic heterocycles. The molecule has 0 aromatic rings. The van der Waals surface area contributed by atoms with Gasteiger partial charge in [-0.2, -0.15) is 0 Å². The van der Waals surface area contributed by atoms with Crippen molar-refractivity contribution in [2.24, 2.45) is 17.1 Å². The largest absolute Gasteiger partial charge is 0.466 e. The van der Waals surface area contributed by atoms with E-state index in [0.29, 0.717) is 26.1 Å². The zero-order chi connectivity index (χ0) is 14.6. The lowest BCUT2D eigenvalue weighted by atomic mass is 9.66. The Morgan fingerprint density at radius 1 is 1.35 bits per heavy atom. The number of ether oxygens (including phenoxy) is 1. The maximum absolute atomic E-state index is 12.4. The Bertz CT molecular complexity index is 361. The second kappa shape index (κ2) is 6.57. The van der Waals surface area contributed by atoms with Crippen LogP contribution in [-0.4, -0.2) is 43.0 Å². The molecule has 2 fully saturated rings. The van der Waals surface area contributed by atoms with E-state index in [1.54, 1.807) is 0 Å². The minimum absolute atomic E-state index is 0.0357. The molecule has 5 nitrogen and oxygen atoms in total. The van der Waals surface area contributed by atoms with Crippen LogP contribution >= 0.6 is 0 Å². The molecule has 1 aliphatic heterocycles. The lowest BCUT2D eigenvalue weighted by molar-refractivity contribution is -0.151. The van der Waals surface area contributed by atoms with Gasteiger partial charge in [-0.15, -0.1) is 0 Å². The van der Waals surface area contributed by atoms with Gasteiger partial charge in [0.15, 0.2) is 0 Å². The quantitative estimate of drug-likeness (QED) is 0.772. The van der Waals surface area contributed by atoms with E-state index in [9.17, 15) is 9.59 Å². The molecule has 1 saturated carbocycles.